The van der Waals surface area contributed by atoms with Crippen molar-refractivity contribution in [3.05, 3.63) is 47.9 Å². The first-order valence-corrected chi connectivity index (χ1v) is 9.87. The lowest BCUT2D eigenvalue weighted by molar-refractivity contribution is 0.0587. The van der Waals surface area contributed by atoms with Crippen LogP contribution in [0.1, 0.15) is 29.0 Å². The van der Waals surface area contributed by atoms with Gasteiger partial charge in [0.2, 0.25) is 5.88 Å². The highest BCUT2D eigenvalue weighted by Crippen LogP contribution is 2.21. The fraction of sp³-hybridized carbons (Fsp3) is 0.476. The summed E-state index contributed by atoms with van der Waals surface area (Å²) < 4.78 is 11.3. The summed E-state index contributed by atoms with van der Waals surface area (Å²) in [7, 11) is 0. The number of anilines is 1. The molecule has 0 aliphatic carbocycles. The number of hydrogen-bond acceptors (Lipinski definition) is 6. The summed E-state index contributed by atoms with van der Waals surface area (Å²) in [6, 6.07) is 9.71. The standard InChI is InChI=1S/C21H26N4O3/c1-16-22-9-6-20(23-16)28-19-7-10-25(11-8-19)21(26)17-2-4-18(5-3-17)24-12-14-27-15-13-24/h2-6,9,19H,7-8,10-15H2,1H3. The fourth-order valence-corrected chi connectivity index (χ4v) is 3.67. The van der Waals surface area contributed by atoms with E-state index in [9.17, 15) is 4.79 Å². The molecule has 0 bridgehead atoms. The fourth-order valence-electron chi connectivity index (χ4n) is 3.67. The first-order valence-electron chi connectivity index (χ1n) is 9.87. The minimum atomic E-state index is 0.0852. The number of benzene rings is 1. The van der Waals surface area contributed by atoms with Crippen LogP contribution in [0.25, 0.3) is 0 Å². The van der Waals surface area contributed by atoms with Crippen LogP contribution in [0.15, 0.2) is 36.5 Å². The lowest BCUT2D eigenvalue weighted by atomic mass is 10.1. The maximum atomic E-state index is 12.8. The summed E-state index contributed by atoms with van der Waals surface area (Å²) >= 11 is 0. The summed E-state index contributed by atoms with van der Waals surface area (Å²) in [6.07, 6.45) is 3.40. The molecule has 2 fully saturated rings. The van der Waals surface area contributed by atoms with Gasteiger partial charge in [-0.05, 0) is 31.2 Å². The first-order chi connectivity index (χ1) is 13.7. The number of carbonyl (C=O) groups excluding carboxylic acids is 1. The molecule has 1 aromatic heterocycles. The zero-order valence-electron chi connectivity index (χ0n) is 16.2. The highest BCUT2D eigenvalue weighted by atomic mass is 16.5. The van der Waals surface area contributed by atoms with Gasteiger partial charge in [-0.1, -0.05) is 0 Å². The van der Waals surface area contributed by atoms with E-state index in [0.29, 0.717) is 24.8 Å². The molecule has 148 valence electrons. The van der Waals surface area contributed by atoms with Crippen molar-refractivity contribution in [2.24, 2.45) is 0 Å². The Balaban J connectivity index is 1.31. The van der Waals surface area contributed by atoms with E-state index < -0.39 is 0 Å². The number of hydrogen-bond donors (Lipinski definition) is 0. The molecular formula is C21H26N4O3. The Labute approximate surface area is 165 Å². The Morgan fingerprint density at radius 3 is 2.46 bits per heavy atom. The maximum absolute atomic E-state index is 12.8. The number of piperidine rings is 1. The number of aryl methyl sites for hydroxylation is 1. The summed E-state index contributed by atoms with van der Waals surface area (Å²) in [5.41, 5.74) is 1.88. The molecule has 7 nitrogen and oxygen atoms in total. The molecule has 0 saturated carbocycles. The van der Waals surface area contributed by atoms with Gasteiger partial charge in [-0.3, -0.25) is 4.79 Å². The van der Waals surface area contributed by atoms with Crippen LogP contribution in [-0.4, -0.2) is 66.3 Å². The Kier molecular flexibility index (Phi) is 5.71. The minimum Gasteiger partial charge on any atom is -0.474 e. The van der Waals surface area contributed by atoms with Gasteiger partial charge in [-0.2, -0.15) is 4.98 Å². The predicted molar refractivity (Wildman–Crippen MR) is 106 cm³/mol. The molecule has 0 atom stereocenters. The molecule has 4 rings (SSSR count). The lowest BCUT2D eigenvalue weighted by Gasteiger charge is -2.32. The van der Waals surface area contributed by atoms with Crippen molar-refractivity contribution in [2.75, 3.05) is 44.3 Å². The predicted octanol–water partition coefficient (Wildman–Crippen LogP) is 2.31. The minimum absolute atomic E-state index is 0.0852. The van der Waals surface area contributed by atoms with E-state index in [0.717, 1.165) is 50.4 Å². The third-order valence-corrected chi connectivity index (χ3v) is 5.26. The summed E-state index contributed by atoms with van der Waals surface area (Å²) in [5.74, 6) is 1.39. The Morgan fingerprint density at radius 2 is 1.79 bits per heavy atom. The van der Waals surface area contributed by atoms with Crippen molar-refractivity contribution in [3.63, 3.8) is 0 Å². The van der Waals surface area contributed by atoms with E-state index in [-0.39, 0.29) is 12.0 Å². The molecule has 1 aromatic carbocycles. The number of amides is 1. The van der Waals surface area contributed by atoms with Gasteiger partial charge in [-0.25, -0.2) is 4.98 Å². The number of aromatic nitrogens is 2. The average Bonchev–Trinajstić information content (AvgIpc) is 2.75. The van der Waals surface area contributed by atoms with E-state index in [1.165, 1.54) is 0 Å². The van der Waals surface area contributed by atoms with Crippen LogP contribution in [-0.2, 0) is 4.74 Å². The van der Waals surface area contributed by atoms with Crippen molar-refractivity contribution < 1.29 is 14.3 Å². The van der Waals surface area contributed by atoms with Gasteiger partial charge in [-0.15, -0.1) is 0 Å². The first kappa shape index (κ1) is 18.7. The Hall–Kier alpha value is -2.67. The van der Waals surface area contributed by atoms with Gasteiger partial charge in [0.05, 0.1) is 13.2 Å². The van der Waals surface area contributed by atoms with Crippen LogP contribution in [0.5, 0.6) is 5.88 Å². The molecule has 28 heavy (non-hydrogen) atoms. The van der Waals surface area contributed by atoms with Crippen LogP contribution in [0.3, 0.4) is 0 Å². The van der Waals surface area contributed by atoms with Crippen molar-refractivity contribution in [3.8, 4) is 5.88 Å². The largest absolute Gasteiger partial charge is 0.474 e. The van der Waals surface area contributed by atoms with Crippen molar-refractivity contribution in [2.45, 2.75) is 25.9 Å². The Bertz CT molecular complexity index is 798. The molecule has 1 amide bonds. The normalized spacial score (nSPS) is 18.2. The van der Waals surface area contributed by atoms with Crippen LogP contribution in [0.4, 0.5) is 5.69 Å². The van der Waals surface area contributed by atoms with Crippen molar-refractivity contribution in [1.82, 2.24) is 14.9 Å². The SMILES string of the molecule is Cc1nccc(OC2CCN(C(=O)c3ccc(N4CCOCC4)cc3)CC2)n1. The highest BCUT2D eigenvalue weighted by Gasteiger charge is 2.25. The van der Waals surface area contributed by atoms with Crippen LogP contribution in [0, 0.1) is 6.92 Å². The van der Waals surface area contributed by atoms with Crippen LogP contribution in [0.2, 0.25) is 0 Å². The van der Waals surface area contributed by atoms with Crippen LogP contribution >= 0.6 is 0 Å². The Morgan fingerprint density at radius 1 is 1.07 bits per heavy atom. The number of nitrogens with zero attached hydrogens (tertiary/aromatic N) is 4. The van der Waals surface area contributed by atoms with Gasteiger partial charge in [0.15, 0.2) is 0 Å². The zero-order valence-corrected chi connectivity index (χ0v) is 16.2. The third kappa shape index (κ3) is 4.42. The molecule has 2 saturated heterocycles. The second kappa shape index (κ2) is 8.56. The second-order valence-corrected chi connectivity index (χ2v) is 7.20. The van der Waals surface area contributed by atoms with Crippen LogP contribution < -0.4 is 9.64 Å². The second-order valence-electron chi connectivity index (χ2n) is 7.20. The van der Waals surface area contributed by atoms with Crippen molar-refractivity contribution >= 4 is 11.6 Å². The van der Waals surface area contributed by atoms with Gasteiger partial charge in [0, 0.05) is 62.5 Å². The molecule has 7 heteroatoms. The van der Waals surface area contributed by atoms with E-state index >= 15 is 0 Å². The molecule has 0 unspecified atom stereocenters. The number of morpholine rings is 1. The van der Waals surface area contributed by atoms with E-state index in [4.69, 9.17) is 9.47 Å². The summed E-state index contributed by atoms with van der Waals surface area (Å²) in [4.78, 5) is 25.4. The quantitative estimate of drug-likeness (QED) is 0.808. The molecule has 0 N–H and O–H groups in total. The number of carbonyl (C=O) groups is 1. The number of ether oxygens (including phenoxy) is 2. The average molecular weight is 382 g/mol. The molecule has 2 aliphatic heterocycles. The molecule has 2 aliphatic rings. The van der Waals surface area contributed by atoms with Gasteiger partial charge in [0.25, 0.3) is 5.91 Å². The molecular weight excluding hydrogens is 356 g/mol. The van der Waals surface area contributed by atoms with Gasteiger partial charge in [0.1, 0.15) is 11.9 Å². The molecule has 0 radical (unpaired) electrons. The number of likely N-dealkylation sites (tertiary alicyclic amines) is 1. The van der Waals surface area contributed by atoms with Gasteiger partial charge < -0.3 is 19.3 Å². The van der Waals surface area contributed by atoms with E-state index in [1.54, 1.807) is 12.3 Å². The summed E-state index contributed by atoms with van der Waals surface area (Å²) in [6.45, 7) is 6.54. The molecule has 0 spiro atoms. The lowest BCUT2D eigenvalue weighted by Crippen LogP contribution is -2.42. The smallest absolute Gasteiger partial charge is 0.253 e. The third-order valence-electron chi connectivity index (χ3n) is 5.26. The zero-order chi connectivity index (χ0) is 19.3. The van der Waals surface area contributed by atoms with Gasteiger partial charge >= 0.3 is 0 Å². The van der Waals surface area contributed by atoms with E-state index in [1.807, 2.05) is 36.1 Å². The summed E-state index contributed by atoms with van der Waals surface area (Å²) in [5, 5.41) is 0. The maximum Gasteiger partial charge on any atom is 0.253 e. The number of rotatable bonds is 4. The van der Waals surface area contributed by atoms with E-state index in [2.05, 4.69) is 14.9 Å². The molecule has 2 aromatic rings. The highest BCUT2D eigenvalue weighted by molar-refractivity contribution is 5.94. The topological polar surface area (TPSA) is 67.8 Å². The van der Waals surface area contributed by atoms with Crippen molar-refractivity contribution in [1.29, 1.82) is 0 Å². The molecule has 3 heterocycles. The monoisotopic (exact) mass is 382 g/mol.